The number of ether oxygens (including phenoxy) is 2. The molecule has 16 heteroatoms. The van der Waals surface area contributed by atoms with Crippen LogP contribution in [0.25, 0.3) is 33.3 Å². The number of likely N-dealkylation sites (tertiary alicyclic amines) is 1. The fourth-order valence-corrected chi connectivity index (χ4v) is 10.2. The number of phenolic OH excluding ortho intramolecular Hbond substituents is 1. The zero-order valence-electron chi connectivity index (χ0n) is 42.8. The Bertz CT molecular complexity index is 2670. The van der Waals surface area contributed by atoms with E-state index in [1.54, 1.807) is 37.4 Å². The lowest BCUT2D eigenvalue weighted by Crippen LogP contribution is -2.56. The number of esters is 1. The van der Waals surface area contributed by atoms with Gasteiger partial charge < -0.3 is 34.3 Å². The predicted molar refractivity (Wildman–Crippen MR) is 269 cm³/mol. The Hall–Kier alpha value is -6.10. The number of pyridine rings is 1. The molecule has 3 N–H and O–H groups in total. The highest BCUT2D eigenvalue weighted by molar-refractivity contribution is 5.97. The number of aryl methyl sites for hydroxylation is 1. The van der Waals surface area contributed by atoms with E-state index in [9.17, 15) is 29.1 Å². The molecule has 0 aliphatic carbocycles. The average molecular weight is 961 g/mol. The van der Waals surface area contributed by atoms with Crippen molar-refractivity contribution in [1.29, 1.82) is 0 Å². The van der Waals surface area contributed by atoms with E-state index in [0.717, 1.165) is 44.4 Å². The normalized spacial score (nSPS) is 19.9. The van der Waals surface area contributed by atoms with E-state index in [2.05, 4.69) is 53.2 Å². The molecule has 3 aliphatic heterocycles. The Kier molecular flexibility index (Phi) is 15.6. The van der Waals surface area contributed by atoms with Crippen molar-refractivity contribution < 1.29 is 38.6 Å². The second-order valence-electron chi connectivity index (χ2n) is 21.1. The van der Waals surface area contributed by atoms with Gasteiger partial charge in [-0.2, -0.15) is 0 Å². The second kappa shape index (κ2) is 21.1. The number of nitrogens with one attached hydrogen (secondary N) is 2. The number of hydrazine groups is 1. The van der Waals surface area contributed by atoms with E-state index in [1.165, 1.54) is 16.1 Å². The second-order valence-corrected chi connectivity index (χ2v) is 21.1. The number of carbonyl (C=O) groups excluding carboxylic acids is 5. The summed E-state index contributed by atoms with van der Waals surface area (Å²) in [6, 6.07) is 11.8. The number of rotatable bonds is 11. The third-order valence-corrected chi connectivity index (χ3v) is 14.4. The van der Waals surface area contributed by atoms with E-state index in [0.29, 0.717) is 57.5 Å². The van der Waals surface area contributed by atoms with Gasteiger partial charge in [0.15, 0.2) is 0 Å². The molecule has 5 heterocycles. The maximum Gasteiger partial charge on any atom is 0.324 e. The number of likely N-dealkylation sites (N-methyl/N-ethyl adjacent to an activating group) is 2. The van der Waals surface area contributed by atoms with Gasteiger partial charge in [-0.15, -0.1) is 0 Å². The van der Waals surface area contributed by atoms with Gasteiger partial charge in [0.05, 0.1) is 30.4 Å². The number of aromatic hydroxyl groups is 1. The van der Waals surface area contributed by atoms with Crippen LogP contribution in [-0.2, 0) is 59.4 Å². The zero-order valence-corrected chi connectivity index (χ0v) is 42.8. The number of carbonyl (C=O) groups is 5. The number of cyclic esters (lactones) is 1. The number of aromatic nitrogens is 2. The van der Waals surface area contributed by atoms with Gasteiger partial charge >= 0.3 is 5.97 Å². The molecule has 6 bridgehead atoms. The van der Waals surface area contributed by atoms with Crippen LogP contribution in [0.15, 0.2) is 66.6 Å². The Labute approximate surface area is 412 Å². The summed E-state index contributed by atoms with van der Waals surface area (Å²) in [7, 11) is 6.98. The first-order valence-electron chi connectivity index (χ1n) is 24.5. The van der Waals surface area contributed by atoms with Crippen molar-refractivity contribution in [3.05, 3.63) is 83.3 Å². The first-order valence-corrected chi connectivity index (χ1v) is 24.5. The first kappa shape index (κ1) is 51.7. The quantitative estimate of drug-likeness (QED) is 0.117. The maximum atomic E-state index is 14.7. The molecule has 0 spiro atoms. The van der Waals surface area contributed by atoms with Gasteiger partial charge in [-0.3, -0.25) is 38.9 Å². The molecule has 4 aromatic rings. The lowest BCUT2D eigenvalue weighted by molar-refractivity contribution is -0.154. The predicted octanol–water partition coefficient (Wildman–Crippen LogP) is 6.08. The summed E-state index contributed by atoms with van der Waals surface area (Å²) in [6.45, 7) is 15.9. The zero-order chi connectivity index (χ0) is 50.8. The van der Waals surface area contributed by atoms with E-state index in [1.807, 2.05) is 71.1 Å². The molecule has 2 aromatic carbocycles. The smallest absolute Gasteiger partial charge is 0.324 e. The molecule has 2 fully saturated rings. The van der Waals surface area contributed by atoms with Crippen LogP contribution in [0.2, 0.25) is 0 Å². The third kappa shape index (κ3) is 10.8. The highest BCUT2D eigenvalue weighted by Gasteiger charge is 2.42. The van der Waals surface area contributed by atoms with E-state index in [4.69, 9.17) is 9.47 Å². The molecule has 3 atom stereocenters. The van der Waals surface area contributed by atoms with Gasteiger partial charge in [0.25, 0.3) is 5.91 Å². The summed E-state index contributed by atoms with van der Waals surface area (Å²) >= 11 is 0. The highest BCUT2D eigenvalue weighted by atomic mass is 16.5. The van der Waals surface area contributed by atoms with Gasteiger partial charge in [-0.1, -0.05) is 39.8 Å². The van der Waals surface area contributed by atoms with Crippen LogP contribution in [0.4, 0.5) is 0 Å². The van der Waals surface area contributed by atoms with Crippen molar-refractivity contribution in [2.45, 2.75) is 111 Å². The molecule has 376 valence electrons. The van der Waals surface area contributed by atoms with E-state index < -0.39 is 46.7 Å². The molecule has 3 aliphatic rings. The Morgan fingerprint density at radius 3 is 2.51 bits per heavy atom. The van der Waals surface area contributed by atoms with Crippen LogP contribution in [-0.4, -0.2) is 136 Å². The Morgan fingerprint density at radius 2 is 1.81 bits per heavy atom. The SMILES string of the molecule is CCn1c(-c2cnccc2COC)c2c3cc(ccc31)-c1cc(O)cc(c1)C/C(=C\NC(=O)[C@H](C(C)C)N(C)C(=O)[C@H]1CCN(C(=O)C(C)(C)N(C)C)C1)C(=O)N1CCC[C@H](N1)C(=O)OCC(C)(C)C2. The summed E-state index contributed by atoms with van der Waals surface area (Å²) in [4.78, 5) is 80.0. The van der Waals surface area contributed by atoms with E-state index >= 15 is 0 Å². The fourth-order valence-electron chi connectivity index (χ4n) is 10.2. The third-order valence-electron chi connectivity index (χ3n) is 14.4. The average Bonchev–Trinajstić information content (AvgIpc) is 3.94. The van der Waals surface area contributed by atoms with Crippen molar-refractivity contribution >= 4 is 40.5 Å². The molecule has 0 radical (unpaired) electrons. The van der Waals surface area contributed by atoms with Gasteiger partial charge in [0, 0.05) is 92.8 Å². The monoisotopic (exact) mass is 961 g/mol. The number of fused-ring (bicyclic) bond motifs is 6. The van der Waals surface area contributed by atoms with Crippen LogP contribution in [0.5, 0.6) is 5.75 Å². The lowest BCUT2D eigenvalue weighted by Gasteiger charge is -2.35. The van der Waals surface area contributed by atoms with Crippen molar-refractivity contribution in [2.24, 2.45) is 17.3 Å². The molecular weight excluding hydrogens is 889 g/mol. The van der Waals surface area contributed by atoms with Gasteiger partial charge in [-0.05, 0) is 125 Å². The van der Waals surface area contributed by atoms with Crippen molar-refractivity contribution in [1.82, 2.24) is 40.0 Å². The lowest BCUT2D eigenvalue weighted by atomic mass is 9.84. The minimum Gasteiger partial charge on any atom is -0.508 e. The van der Waals surface area contributed by atoms with Crippen LogP contribution in [0, 0.1) is 17.3 Å². The van der Waals surface area contributed by atoms with Crippen molar-refractivity contribution in [2.75, 3.05) is 54.5 Å². The van der Waals surface area contributed by atoms with Crippen LogP contribution in [0.3, 0.4) is 0 Å². The Balaban J connectivity index is 1.26. The number of methoxy groups -OCH3 is 1. The number of benzene rings is 2. The molecule has 70 heavy (non-hydrogen) atoms. The molecule has 2 aromatic heterocycles. The fraction of sp³-hybridized carbons (Fsp3) is 0.519. The molecule has 0 saturated carbocycles. The summed E-state index contributed by atoms with van der Waals surface area (Å²) < 4.78 is 14.0. The number of hydrogen-bond acceptors (Lipinski definition) is 11. The highest BCUT2D eigenvalue weighted by Crippen LogP contribution is 2.41. The summed E-state index contributed by atoms with van der Waals surface area (Å²) in [5, 5.41) is 16.6. The summed E-state index contributed by atoms with van der Waals surface area (Å²) in [5.41, 5.74) is 9.25. The first-order chi connectivity index (χ1) is 33.1. The molecule has 7 rings (SSSR count). The van der Waals surface area contributed by atoms with Gasteiger partial charge in [-0.25, -0.2) is 5.43 Å². The van der Waals surface area contributed by atoms with Crippen LogP contribution < -0.4 is 10.7 Å². The largest absolute Gasteiger partial charge is 0.508 e. The van der Waals surface area contributed by atoms with Gasteiger partial charge in [0.2, 0.25) is 17.7 Å². The Morgan fingerprint density at radius 1 is 1.06 bits per heavy atom. The molecule has 4 amide bonds. The van der Waals surface area contributed by atoms with Crippen LogP contribution >= 0.6 is 0 Å². The van der Waals surface area contributed by atoms with Crippen molar-refractivity contribution in [3.63, 3.8) is 0 Å². The summed E-state index contributed by atoms with van der Waals surface area (Å²) in [6.07, 6.45) is 7.04. The maximum absolute atomic E-state index is 14.7. The number of hydrogen-bond donors (Lipinski definition) is 3. The van der Waals surface area contributed by atoms with Crippen molar-refractivity contribution in [3.8, 4) is 28.1 Å². The summed E-state index contributed by atoms with van der Waals surface area (Å²) in [5.74, 6) is -2.51. The number of nitrogens with zero attached hydrogens (tertiary/aromatic N) is 6. The molecular formula is C54H72N8O8. The standard InChI is InChI=1S/C54H72N8O8/c1-12-61-45-16-15-35-26-41(45)42(47(61)43-29-55-19-17-37(43)31-69-11)27-53(4,5)32-70-51(67)44-14-13-20-62(57-44)50(66)39(23-34-22-38(35)25-40(63)24-34)28-56-48(64)46(33(2)3)59(10)49(65)36-18-21-60(30-36)52(68)54(6,7)58(8)9/h15-17,19,22,24-26,28-29,33,36,44,46,57,63H,12-14,18,20-21,23,27,30-32H2,1-11H3,(H,56,64)/b39-28+/t36-,44-,46-/m0/s1. The van der Waals surface area contributed by atoms with E-state index in [-0.39, 0.29) is 48.6 Å². The molecule has 16 nitrogen and oxygen atoms in total. The molecule has 2 saturated heterocycles. The van der Waals surface area contributed by atoms with Gasteiger partial charge in [0.1, 0.15) is 17.8 Å². The number of phenols is 1. The number of amides is 4. The topological polar surface area (TPSA) is 179 Å². The minimum atomic E-state index is -0.905. The molecule has 0 unspecified atom stereocenters. The van der Waals surface area contributed by atoms with Crippen LogP contribution in [0.1, 0.15) is 84.4 Å². The minimum absolute atomic E-state index is 0.00180.